The van der Waals surface area contributed by atoms with E-state index in [1.54, 1.807) is 0 Å². The molecular weight excluding hydrogens is 185 g/mol. The summed E-state index contributed by atoms with van der Waals surface area (Å²) in [4.78, 5) is 22.3. The fraction of sp³-hybridized carbons (Fsp3) is 0.500. The standard InChI is InChI=1S/C4H8N3O4P/c8-2-1-6(12)4(10)7(2)3(9)5-11/h2,8,11H,1,12H2,(H,5,9). The van der Waals surface area contributed by atoms with Crippen LogP contribution in [0.4, 0.5) is 9.59 Å². The third-order valence-corrected chi connectivity index (χ3v) is 1.86. The number of rotatable bonds is 0. The number of hydroxylamine groups is 1. The van der Waals surface area contributed by atoms with E-state index in [-0.39, 0.29) is 6.54 Å². The molecule has 0 aromatic carbocycles. The number of imide groups is 1. The van der Waals surface area contributed by atoms with Crippen molar-refractivity contribution in [2.24, 2.45) is 0 Å². The van der Waals surface area contributed by atoms with Gasteiger partial charge in [-0.15, -0.1) is 0 Å². The maximum absolute atomic E-state index is 11.0. The van der Waals surface area contributed by atoms with Crippen molar-refractivity contribution >= 4 is 21.5 Å². The van der Waals surface area contributed by atoms with E-state index in [1.807, 2.05) is 9.39 Å². The van der Waals surface area contributed by atoms with Crippen LogP contribution in [0.2, 0.25) is 0 Å². The monoisotopic (exact) mass is 193 g/mol. The third-order valence-electron chi connectivity index (χ3n) is 1.42. The molecule has 1 saturated heterocycles. The van der Waals surface area contributed by atoms with E-state index >= 15 is 0 Å². The normalized spacial score (nSPS) is 23.2. The van der Waals surface area contributed by atoms with Gasteiger partial charge in [-0.1, -0.05) is 0 Å². The van der Waals surface area contributed by atoms with Gasteiger partial charge in [0.25, 0.3) is 0 Å². The van der Waals surface area contributed by atoms with Gasteiger partial charge in [-0.05, 0) is 9.39 Å². The van der Waals surface area contributed by atoms with Crippen LogP contribution < -0.4 is 5.48 Å². The van der Waals surface area contributed by atoms with Gasteiger partial charge < -0.3 is 9.78 Å². The lowest BCUT2D eigenvalue weighted by atomic mass is 10.5. The van der Waals surface area contributed by atoms with Gasteiger partial charge in [-0.3, -0.25) is 5.21 Å². The number of aliphatic hydroxyl groups excluding tert-OH is 1. The lowest BCUT2D eigenvalue weighted by molar-refractivity contribution is 0.0630. The second kappa shape index (κ2) is 3.22. The molecule has 2 atom stereocenters. The largest absolute Gasteiger partial charge is 0.371 e. The summed E-state index contributed by atoms with van der Waals surface area (Å²) < 4.78 is 1.08. The lowest BCUT2D eigenvalue weighted by Gasteiger charge is -2.14. The van der Waals surface area contributed by atoms with Gasteiger partial charge in [0, 0.05) is 0 Å². The van der Waals surface area contributed by atoms with E-state index in [9.17, 15) is 9.59 Å². The summed E-state index contributed by atoms with van der Waals surface area (Å²) in [5.74, 6) is 0. The number of aliphatic hydroxyl groups is 1. The summed E-state index contributed by atoms with van der Waals surface area (Å²) in [6.07, 6.45) is -1.22. The Bertz CT molecular complexity index is 222. The first-order valence-corrected chi connectivity index (χ1v) is 3.57. The molecule has 0 aromatic heterocycles. The van der Waals surface area contributed by atoms with Crippen molar-refractivity contribution in [3.05, 3.63) is 0 Å². The molecule has 1 heterocycles. The second-order valence-electron chi connectivity index (χ2n) is 2.20. The summed E-state index contributed by atoms with van der Waals surface area (Å²) in [5, 5.41) is 17.3. The number of nitrogens with one attached hydrogen (secondary N) is 1. The van der Waals surface area contributed by atoms with Gasteiger partial charge in [0.05, 0.1) is 6.54 Å². The first-order valence-electron chi connectivity index (χ1n) is 3.05. The van der Waals surface area contributed by atoms with Gasteiger partial charge in [-0.2, -0.15) is 0 Å². The van der Waals surface area contributed by atoms with Crippen molar-refractivity contribution in [2.75, 3.05) is 6.54 Å². The van der Waals surface area contributed by atoms with Crippen molar-refractivity contribution < 1.29 is 19.9 Å². The Morgan fingerprint density at radius 3 is 2.67 bits per heavy atom. The topological polar surface area (TPSA) is 93.1 Å². The maximum Gasteiger partial charge on any atom is 0.351 e. The van der Waals surface area contributed by atoms with Crippen LogP contribution in [-0.2, 0) is 0 Å². The first-order chi connectivity index (χ1) is 5.57. The number of amides is 4. The number of urea groups is 2. The molecule has 1 aliphatic rings. The van der Waals surface area contributed by atoms with Crippen molar-refractivity contribution in [2.45, 2.75) is 6.23 Å². The molecule has 12 heavy (non-hydrogen) atoms. The van der Waals surface area contributed by atoms with Gasteiger partial charge in [0.1, 0.15) is 0 Å². The molecule has 0 bridgehead atoms. The molecule has 1 rings (SSSR count). The SMILES string of the molecule is O=C(NO)N1C(=O)N(P)CC1O. The minimum atomic E-state index is -1.22. The molecule has 0 radical (unpaired) electrons. The third kappa shape index (κ3) is 1.34. The highest BCUT2D eigenvalue weighted by Crippen LogP contribution is 2.17. The molecule has 4 amide bonds. The molecular formula is C4H8N3O4P. The van der Waals surface area contributed by atoms with Gasteiger partial charge in [-0.25, -0.2) is 20.0 Å². The lowest BCUT2D eigenvalue weighted by Crippen LogP contribution is -2.44. The predicted octanol–water partition coefficient (Wildman–Crippen LogP) is -1.07. The van der Waals surface area contributed by atoms with Gasteiger partial charge >= 0.3 is 12.1 Å². The zero-order valence-corrected chi connectivity index (χ0v) is 7.12. The van der Waals surface area contributed by atoms with E-state index in [0.717, 1.165) is 4.67 Å². The Morgan fingerprint density at radius 1 is 1.75 bits per heavy atom. The van der Waals surface area contributed by atoms with Gasteiger partial charge in [0.15, 0.2) is 6.23 Å². The Kier molecular flexibility index (Phi) is 2.46. The van der Waals surface area contributed by atoms with Crippen LogP contribution in [0.3, 0.4) is 0 Å². The highest BCUT2D eigenvalue weighted by molar-refractivity contribution is 7.14. The average molecular weight is 193 g/mol. The van der Waals surface area contributed by atoms with Crippen LogP contribution in [0, 0.1) is 0 Å². The highest BCUT2D eigenvalue weighted by atomic mass is 31.0. The maximum atomic E-state index is 11.0. The summed E-state index contributed by atoms with van der Waals surface area (Å²) in [6.45, 7) is 0.0108. The van der Waals surface area contributed by atoms with E-state index in [0.29, 0.717) is 4.90 Å². The highest BCUT2D eigenvalue weighted by Gasteiger charge is 2.38. The Labute approximate surface area is 70.1 Å². The van der Waals surface area contributed by atoms with E-state index in [1.165, 1.54) is 5.48 Å². The minimum absolute atomic E-state index is 0.0108. The predicted molar refractivity (Wildman–Crippen MR) is 40.0 cm³/mol. The zero-order valence-electron chi connectivity index (χ0n) is 5.97. The van der Waals surface area contributed by atoms with Crippen molar-refractivity contribution in [3.8, 4) is 0 Å². The molecule has 1 aliphatic heterocycles. The van der Waals surface area contributed by atoms with Crippen LogP contribution in [-0.4, -0.2) is 44.7 Å². The van der Waals surface area contributed by atoms with Crippen LogP contribution in [0.5, 0.6) is 0 Å². The molecule has 0 aliphatic carbocycles. The summed E-state index contributed by atoms with van der Waals surface area (Å²) in [7, 11) is 2.05. The average Bonchev–Trinajstić information content (AvgIpc) is 2.26. The van der Waals surface area contributed by atoms with Crippen LogP contribution >= 0.6 is 9.39 Å². The number of hydrogen-bond acceptors (Lipinski definition) is 4. The summed E-state index contributed by atoms with van der Waals surface area (Å²) in [5.41, 5.74) is 1.26. The van der Waals surface area contributed by atoms with E-state index < -0.39 is 18.3 Å². The van der Waals surface area contributed by atoms with E-state index in [4.69, 9.17) is 10.3 Å². The Hall–Kier alpha value is -0.910. The number of nitrogens with zero attached hydrogens (tertiary/aromatic N) is 2. The quantitative estimate of drug-likeness (QED) is 0.259. The summed E-state index contributed by atoms with van der Waals surface area (Å²) >= 11 is 0. The molecule has 2 unspecified atom stereocenters. The van der Waals surface area contributed by atoms with Crippen LogP contribution in [0.25, 0.3) is 0 Å². The number of β-amino-alcohol motifs (C(OH)–C–C–N with tert-alkyl or cyclic N) is 1. The Morgan fingerprint density at radius 2 is 2.33 bits per heavy atom. The smallest absolute Gasteiger partial charge is 0.351 e. The second-order valence-corrected chi connectivity index (χ2v) is 2.83. The Balaban J connectivity index is 2.76. The molecule has 1 fully saturated rings. The fourth-order valence-electron chi connectivity index (χ4n) is 0.878. The van der Waals surface area contributed by atoms with Crippen LogP contribution in [0.15, 0.2) is 0 Å². The fourth-order valence-corrected chi connectivity index (χ4v) is 1.19. The number of hydrogen-bond donors (Lipinski definition) is 3. The molecule has 3 N–H and O–H groups in total. The number of carbonyl (C=O) groups excluding carboxylic acids is 2. The van der Waals surface area contributed by atoms with E-state index in [2.05, 4.69) is 0 Å². The zero-order chi connectivity index (χ0) is 9.30. The van der Waals surface area contributed by atoms with Crippen LogP contribution in [0.1, 0.15) is 0 Å². The molecule has 0 saturated carbocycles. The number of carbonyl (C=O) groups is 2. The molecule has 8 heteroatoms. The van der Waals surface area contributed by atoms with Crippen molar-refractivity contribution in [1.82, 2.24) is 15.1 Å². The molecule has 0 spiro atoms. The minimum Gasteiger partial charge on any atom is -0.371 e. The first kappa shape index (κ1) is 9.18. The molecule has 7 nitrogen and oxygen atoms in total. The molecule has 68 valence electrons. The molecule has 0 aromatic rings. The van der Waals surface area contributed by atoms with Crippen molar-refractivity contribution in [1.29, 1.82) is 0 Å². The summed E-state index contributed by atoms with van der Waals surface area (Å²) in [6, 6.07) is -1.73. The van der Waals surface area contributed by atoms with Crippen molar-refractivity contribution in [3.63, 3.8) is 0 Å². The van der Waals surface area contributed by atoms with Gasteiger partial charge in [0.2, 0.25) is 0 Å².